The molecule has 28 heavy (non-hydrogen) atoms. The first kappa shape index (κ1) is 19.4. The number of benzene rings is 2. The minimum absolute atomic E-state index is 0.0449. The fraction of sp³-hybridized carbons (Fsp3) is 0.227. The SMILES string of the molecule is CCc1ccc(Nc2cc(C)ncn2)cc1NC(=O)COc1ccccc1C. The molecule has 3 rings (SSSR count). The lowest BCUT2D eigenvalue weighted by molar-refractivity contribution is -0.118. The second-order valence-corrected chi connectivity index (χ2v) is 6.50. The summed E-state index contributed by atoms with van der Waals surface area (Å²) in [5, 5.41) is 6.19. The van der Waals surface area contributed by atoms with E-state index < -0.39 is 0 Å². The molecule has 0 fully saturated rings. The molecule has 0 saturated heterocycles. The van der Waals surface area contributed by atoms with Crippen LogP contribution in [0.25, 0.3) is 0 Å². The lowest BCUT2D eigenvalue weighted by Gasteiger charge is -2.14. The monoisotopic (exact) mass is 376 g/mol. The fourth-order valence-corrected chi connectivity index (χ4v) is 2.80. The standard InChI is InChI=1S/C22H24N4O2/c1-4-17-9-10-18(25-21-11-16(3)23-14-24-21)12-19(17)26-22(27)13-28-20-8-6-5-7-15(20)2/h5-12,14H,4,13H2,1-3H3,(H,26,27)(H,23,24,25). The van der Waals surface area contributed by atoms with Gasteiger partial charge in [-0.05, 0) is 49.6 Å². The zero-order valence-corrected chi connectivity index (χ0v) is 16.3. The summed E-state index contributed by atoms with van der Waals surface area (Å²) in [6, 6.07) is 15.4. The van der Waals surface area contributed by atoms with E-state index in [1.54, 1.807) is 0 Å². The number of nitrogens with one attached hydrogen (secondary N) is 2. The molecular weight excluding hydrogens is 352 g/mol. The molecule has 0 bridgehead atoms. The van der Waals surface area contributed by atoms with Crippen molar-refractivity contribution in [1.82, 2.24) is 9.97 Å². The Kier molecular flexibility index (Phi) is 6.22. The van der Waals surface area contributed by atoms with E-state index in [2.05, 4.69) is 27.5 Å². The minimum atomic E-state index is -0.201. The minimum Gasteiger partial charge on any atom is -0.483 e. The number of carbonyl (C=O) groups excluding carboxylic acids is 1. The van der Waals surface area contributed by atoms with Gasteiger partial charge in [-0.3, -0.25) is 4.79 Å². The van der Waals surface area contributed by atoms with E-state index in [0.29, 0.717) is 11.6 Å². The maximum atomic E-state index is 12.4. The van der Waals surface area contributed by atoms with Gasteiger partial charge in [-0.2, -0.15) is 0 Å². The van der Waals surface area contributed by atoms with Crippen molar-refractivity contribution >= 4 is 23.1 Å². The molecule has 6 heteroatoms. The Bertz CT molecular complexity index is 972. The number of hydrogen-bond donors (Lipinski definition) is 2. The lowest BCUT2D eigenvalue weighted by Crippen LogP contribution is -2.21. The number of amides is 1. The van der Waals surface area contributed by atoms with Gasteiger partial charge in [0.15, 0.2) is 6.61 Å². The van der Waals surface area contributed by atoms with Gasteiger partial charge in [0.2, 0.25) is 0 Å². The molecule has 0 aliphatic carbocycles. The van der Waals surface area contributed by atoms with Crippen molar-refractivity contribution < 1.29 is 9.53 Å². The van der Waals surface area contributed by atoms with Crippen LogP contribution in [0.5, 0.6) is 5.75 Å². The van der Waals surface area contributed by atoms with Gasteiger partial charge in [-0.25, -0.2) is 9.97 Å². The number of rotatable bonds is 7. The molecule has 6 nitrogen and oxygen atoms in total. The number of ether oxygens (including phenoxy) is 1. The molecule has 0 aliphatic rings. The summed E-state index contributed by atoms with van der Waals surface area (Å²) in [5.41, 5.74) is 4.52. The number of nitrogens with zero attached hydrogens (tertiary/aromatic N) is 2. The van der Waals surface area contributed by atoms with Gasteiger partial charge < -0.3 is 15.4 Å². The number of hydrogen-bond acceptors (Lipinski definition) is 5. The first-order chi connectivity index (χ1) is 13.5. The van der Waals surface area contributed by atoms with Gasteiger partial charge in [0.05, 0.1) is 0 Å². The van der Waals surface area contributed by atoms with Gasteiger partial charge in [0.1, 0.15) is 17.9 Å². The maximum absolute atomic E-state index is 12.4. The number of carbonyl (C=O) groups is 1. The Hall–Kier alpha value is -3.41. The Morgan fingerprint density at radius 3 is 2.64 bits per heavy atom. The molecule has 0 radical (unpaired) electrons. The van der Waals surface area contributed by atoms with Gasteiger partial charge in [0.25, 0.3) is 5.91 Å². The van der Waals surface area contributed by atoms with E-state index in [-0.39, 0.29) is 12.5 Å². The topological polar surface area (TPSA) is 76.1 Å². The molecule has 3 aromatic rings. The van der Waals surface area contributed by atoms with E-state index in [1.165, 1.54) is 6.33 Å². The predicted molar refractivity (Wildman–Crippen MR) is 111 cm³/mol. The van der Waals surface area contributed by atoms with Crippen molar-refractivity contribution in [1.29, 1.82) is 0 Å². The zero-order chi connectivity index (χ0) is 19.9. The van der Waals surface area contributed by atoms with Crippen LogP contribution >= 0.6 is 0 Å². The van der Waals surface area contributed by atoms with Crippen LogP contribution in [-0.2, 0) is 11.2 Å². The number of aromatic nitrogens is 2. The summed E-state index contributed by atoms with van der Waals surface area (Å²) in [6.07, 6.45) is 2.32. The van der Waals surface area contributed by atoms with Crippen LogP contribution in [0, 0.1) is 13.8 Å². The van der Waals surface area contributed by atoms with Crippen LogP contribution in [0.4, 0.5) is 17.2 Å². The van der Waals surface area contributed by atoms with Crippen LogP contribution < -0.4 is 15.4 Å². The molecule has 144 valence electrons. The van der Waals surface area contributed by atoms with Crippen molar-refractivity contribution in [2.75, 3.05) is 17.2 Å². The first-order valence-corrected chi connectivity index (χ1v) is 9.22. The Morgan fingerprint density at radius 2 is 1.89 bits per heavy atom. The molecule has 0 unspecified atom stereocenters. The number of para-hydroxylation sites is 1. The quantitative estimate of drug-likeness (QED) is 0.638. The smallest absolute Gasteiger partial charge is 0.262 e. The van der Waals surface area contributed by atoms with Gasteiger partial charge >= 0.3 is 0 Å². The second kappa shape index (κ2) is 8.99. The predicted octanol–water partition coefficient (Wildman–Crippen LogP) is 4.42. The first-order valence-electron chi connectivity index (χ1n) is 9.22. The van der Waals surface area contributed by atoms with Crippen LogP contribution in [0.2, 0.25) is 0 Å². The molecule has 1 heterocycles. The molecule has 2 N–H and O–H groups in total. The van der Waals surface area contributed by atoms with Crippen molar-refractivity contribution in [3.05, 3.63) is 71.7 Å². The third kappa shape index (κ3) is 5.07. The van der Waals surface area contributed by atoms with E-state index in [0.717, 1.165) is 34.6 Å². The normalized spacial score (nSPS) is 10.4. The average molecular weight is 376 g/mol. The molecule has 0 spiro atoms. The number of aryl methyl sites for hydroxylation is 3. The highest BCUT2D eigenvalue weighted by atomic mass is 16.5. The molecule has 1 amide bonds. The molecule has 0 atom stereocenters. The third-order valence-electron chi connectivity index (χ3n) is 4.29. The van der Waals surface area contributed by atoms with Crippen molar-refractivity contribution in [3.63, 3.8) is 0 Å². The zero-order valence-electron chi connectivity index (χ0n) is 16.3. The Morgan fingerprint density at radius 1 is 1.07 bits per heavy atom. The Labute approximate surface area is 165 Å². The summed E-state index contributed by atoms with van der Waals surface area (Å²) >= 11 is 0. The van der Waals surface area contributed by atoms with Crippen molar-refractivity contribution in [3.8, 4) is 5.75 Å². The summed E-state index contributed by atoms with van der Waals surface area (Å²) in [5.74, 6) is 1.22. The Balaban J connectivity index is 1.69. The van der Waals surface area contributed by atoms with Gasteiger partial charge in [-0.1, -0.05) is 31.2 Å². The largest absolute Gasteiger partial charge is 0.483 e. The second-order valence-electron chi connectivity index (χ2n) is 6.50. The third-order valence-corrected chi connectivity index (χ3v) is 4.29. The number of anilines is 3. The van der Waals surface area contributed by atoms with E-state index in [9.17, 15) is 4.79 Å². The van der Waals surface area contributed by atoms with Gasteiger partial charge in [-0.15, -0.1) is 0 Å². The van der Waals surface area contributed by atoms with Crippen molar-refractivity contribution in [2.45, 2.75) is 27.2 Å². The summed E-state index contributed by atoms with van der Waals surface area (Å²) in [4.78, 5) is 20.7. The maximum Gasteiger partial charge on any atom is 0.262 e. The van der Waals surface area contributed by atoms with Crippen LogP contribution in [0.15, 0.2) is 54.9 Å². The molecule has 0 aliphatic heterocycles. The molecular formula is C22H24N4O2. The molecule has 2 aromatic carbocycles. The summed E-state index contributed by atoms with van der Waals surface area (Å²) < 4.78 is 5.64. The van der Waals surface area contributed by atoms with E-state index >= 15 is 0 Å². The van der Waals surface area contributed by atoms with Crippen LogP contribution in [0.3, 0.4) is 0 Å². The highest BCUT2D eigenvalue weighted by Gasteiger charge is 2.09. The summed E-state index contributed by atoms with van der Waals surface area (Å²) in [6.45, 7) is 5.87. The van der Waals surface area contributed by atoms with Crippen LogP contribution in [0.1, 0.15) is 23.7 Å². The molecule has 0 saturated carbocycles. The lowest BCUT2D eigenvalue weighted by atomic mass is 10.1. The summed E-state index contributed by atoms with van der Waals surface area (Å²) in [7, 11) is 0. The van der Waals surface area contributed by atoms with E-state index in [1.807, 2.05) is 62.4 Å². The van der Waals surface area contributed by atoms with E-state index in [4.69, 9.17) is 4.74 Å². The fourth-order valence-electron chi connectivity index (χ4n) is 2.80. The van der Waals surface area contributed by atoms with Crippen molar-refractivity contribution in [2.24, 2.45) is 0 Å². The highest BCUT2D eigenvalue weighted by molar-refractivity contribution is 5.93. The highest BCUT2D eigenvalue weighted by Crippen LogP contribution is 2.24. The van der Waals surface area contributed by atoms with Gasteiger partial charge in [0, 0.05) is 23.1 Å². The van der Waals surface area contributed by atoms with Crippen LogP contribution in [-0.4, -0.2) is 22.5 Å². The average Bonchev–Trinajstić information content (AvgIpc) is 2.68. The molecule has 1 aromatic heterocycles.